The molecule has 4 aromatic rings. The van der Waals surface area contributed by atoms with E-state index in [1.165, 1.54) is 0 Å². The Morgan fingerprint density at radius 1 is 0.935 bits per heavy atom. The molecule has 0 aliphatic rings. The van der Waals surface area contributed by atoms with Gasteiger partial charge in [0.05, 0.1) is 34.7 Å². The van der Waals surface area contributed by atoms with Crippen LogP contribution in [0.3, 0.4) is 0 Å². The lowest BCUT2D eigenvalue weighted by molar-refractivity contribution is 0.0985. The number of amides is 1. The van der Waals surface area contributed by atoms with E-state index in [0.717, 1.165) is 58.0 Å². The molecule has 0 fully saturated rings. The number of fused-ring (bicyclic) bond motifs is 1. The third-order valence-corrected chi connectivity index (χ3v) is 5.55. The number of hydrogen-bond donors (Lipinski definition) is 0. The first-order valence-electron chi connectivity index (χ1n) is 10.6. The molecule has 1 amide bonds. The van der Waals surface area contributed by atoms with Gasteiger partial charge in [-0.05, 0) is 57.0 Å². The van der Waals surface area contributed by atoms with Crippen molar-refractivity contribution in [3.63, 3.8) is 0 Å². The highest BCUT2D eigenvalue weighted by atomic mass is 16.5. The van der Waals surface area contributed by atoms with Crippen LogP contribution >= 0.6 is 0 Å². The molecule has 2 aromatic heterocycles. The molecule has 0 spiro atoms. The van der Waals surface area contributed by atoms with Crippen molar-refractivity contribution in [1.29, 1.82) is 0 Å². The van der Waals surface area contributed by atoms with E-state index in [1.807, 2.05) is 62.4 Å². The first-order valence-corrected chi connectivity index (χ1v) is 10.6. The van der Waals surface area contributed by atoms with Crippen molar-refractivity contribution in [1.82, 2.24) is 15.1 Å². The molecule has 0 saturated heterocycles. The van der Waals surface area contributed by atoms with Gasteiger partial charge < -0.3 is 9.42 Å². The van der Waals surface area contributed by atoms with E-state index in [0.29, 0.717) is 12.1 Å². The van der Waals surface area contributed by atoms with Crippen molar-refractivity contribution in [2.45, 2.75) is 47.1 Å². The van der Waals surface area contributed by atoms with Crippen molar-refractivity contribution in [2.24, 2.45) is 0 Å². The number of aromatic nitrogens is 3. The standard InChI is InChI=1S/C25H26N4O2/c1-5-21-22(6-2)27-24-14-18(12-13-23(24)26-21)25(30)29(19-10-8-7-9-11-19)15-20-16(3)28-31-17(20)4/h7-14H,5-6,15H2,1-4H3. The van der Waals surface area contributed by atoms with Gasteiger partial charge in [-0.3, -0.25) is 4.79 Å². The van der Waals surface area contributed by atoms with Crippen LogP contribution in [-0.4, -0.2) is 21.0 Å². The van der Waals surface area contributed by atoms with Crippen molar-refractivity contribution < 1.29 is 9.32 Å². The van der Waals surface area contributed by atoms with E-state index in [2.05, 4.69) is 19.0 Å². The average molecular weight is 415 g/mol. The van der Waals surface area contributed by atoms with E-state index in [9.17, 15) is 4.79 Å². The summed E-state index contributed by atoms with van der Waals surface area (Å²) in [5.74, 6) is 0.614. The molecule has 0 radical (unpaired) electrons. The highest BCUT2D eigenvalue weighted by Gasteiger charge is 2.22. The van der Waals surface area contributed by atoms with Crippen LogP contribution in [0.25, 0.3) is 11.0 Å². The maximum absolute atomic E-state index is 13.6. The number of nitrogens with zero attached hydrogens (tertiary/aromatic N) is 4. The van der Waals surface area contributed by atoms with Gasteiger partial charge in [0.1, 0.15) is 5.76 Å². The van der Waals surface area contributed by atoms with Gasteiger partial charge in [-0.25, -0.2) is 9.97 Å². The van der Waals surface area contributed by atoms with Crippen LogP contribution in [0.15, 0.2) is 53.1 Å². The molecule has 31 heavy (non-hydrogen) atoms. The maximum Gasteiger partial charge on any atom is 0.258 e. The molecule has 6 heteroatoms. The predicted molar refractivity (Wildman–Crippen MR) is 121 cm³/mol. The first kappa shape index (κ1) is 20.7. The molecule has 4 rings (SSSR count). The predicted octanol–water partition coefficient (Wildman–Crippen LogP) is 5.21. The molecular weight excluding hydrogens is 388 g/mol. The summed E-state index contributed by atoms with van der Waals surface area (Å²) in [6, 6.07) is 15.2. The summed E-state index contributed by atoms with van der Waals surface area (Å²) in [5.41, 5.74) is 6.63. The minimum atomic E-state index is -0.104. The fourth-order valence-electron chi connectivity index (χ4n) is 3.76. The molecule has 0 unspecified atom stereocenters. The first-order chi connectivity index (χ1) is 15.0. The zero-order valence-corrected chi connectivity index (χ0v) is 18.3. The third kappa shape index (κ3) is 4.06. The Hall–Kier alpha value is -3.54. The summed E-state index contributed by atoms with van der Waals surface area (Å²) in [4.78, 5) is 24.9. The monoisotopic (exact) mass is 414 g/mol. The summed E-state index contributed by atoms with van der Waals surface area (Å²) in [7, 11) is 0. The highest BCUT2D eigenvalue weighted by molar-refractivity contribution is 6.07. The quantitative estimate of drug-likeness (QED) is 0.433. The SMILES string of the molecule is CCc1nc2ccc(C(=O)N(Cc3c(C)noc3C)c3ccccc3)cc2nc1CC. The molecule has 6 nitrogen and oxygen atoms in total. The molecule has 0 saturated carbocycles. The Morgan fingerprint density at radius 2 is 1.61 bits per heavy atom. The normalized spacial score (nSPS) is 11.1. The number of hydrogen-bond acceptors (Lipinski definition) is 5. The minimum absolute atomic E-state index is 0.104. The number of carbonyl (C=O) groups excluding carboxylic acids is 1. The van der Waals surface area contributed by atoms with Gasteiger partial charge in [0.15, 0.2) is 0 Å². The lowest BCUT2D eigenvalue weighted by Crippen LogP contribution is -2.30. The minimum Gasteiger partial charge on any atom is -0.361 e. The topological polar surface area (TPSA) is 72.1 Å². The molecule has 158 valence electrons. The highest BCUT2D eigenvalue weighted by Crippen LogP contribution is 2.24. The second-order valence-electron chi connectivity index (χ2n) is 7.56. The van der Waals surface area contributed by atoms with Crippen LogP contribution in [0.4, 0.5) is 5.69 Å². The summed E-state index contributed by atoms with van der Waals surface area (Å²) >= 11 is 0. The summed E-state index contributed by atoms with van der Waals surface area (Å²) in [6.45, 7) is 8.29. The number of carbonyl (C=O) groups is 1. The Balaban J connectivity index is 1.76. The lowest BCUT2D eigenvalue weighted by atomic mass is 10.1. The maximum atomic E-state index is 13.6. The molecule has 0 N–H and O–H groups in total. The lowest BCUT2D eigenvalue weighted by Gasteiger charge is -2.23. The average Bonchev–Trinajstić information content (AvgIpc) is 3.13. The smallest absolute Gasteiger partial charge is 0.258 e. The van der Waals surface area contributed by atoms with Gasteiger partial charge in [0.2, 0.25) is 0 Å². The molecule has 0 atom stereocenters. The molecular formula is C25H26N4O2. The molecule has 2 aromatic carbocycles. The van der Waals surface area contributed by atoms with Crippen LogP contribution in [0.2, 0.25) is 0 Å². The van der Waals surface area contributed by atoms with E-state index < -0.39 is 0 Å². The van der Waals surface area contributed by atoms with Gasteiger partial charge in [0.25, 0.3) is 5.91 Å². The number of para-hydroxylation sites is 1. The van der Waals surface area contributed by atoms with Gasteiger partial charge in [-0.1, -0.05) is 37.2 Å². The molecule has 0 aliphatic carbocycles. The van der Waals surface area contributed by atoms with Crippen molar-refractivity contribution in [3.05, 3.63) is 82.5 Å². The van der Waals surface area contributed by atoms with Gasteiger partial charge in [0, 0.05) is 16.8 Å². The number of rotatable bonds is 6. The van der Waals surface area contributed by atoms with Crippen molar-refractivity contribution in [3.8, 4) is 0 Å². The Labute approximate surface area is 181 Å². The van der Waals surface area contributed by atoms with E-state index in [4.69, 9.17) is 14.5 Å². The van der Waals surface area contributed by atoms with E-state index in [-0.39, 0.29) is 5.91 Å². The van der Waals surface area contributed by atoms with Gasteiger partial charge in [-0.2, -0.15) is 0 Å². The third-order valence-electron chi connectivity index (χ3n) is 5.55. The largest absolute Gasteiger partial charge is 0.361 e. The van der Waals surface area contributed by atoms with Crippen molar-refractivity contribution in [2.75, 3.05) is 4.90 Å². The van der Waals surface area contributed by atoms with Gasteiger partial charge >= 0.3 is 0 Å². The zero-order chi connectivity index (χ0) is 22.0. The zero-order valence-electron chi connectivity index (χ0n) is 18.3. The van der Waals surface area contributed by atoms with E-state index >= 15 is 0 Å². The molecule has 0 aliphatic heterocycles. The van der Waals surface area contributed by atoms with Crippen LogP contribution in [-0.2, 0) is 19.4 Å². The Kier molecular flexibility index (Phi) is 5.80. The van der Waals surface area contributed by atoms with Crippen LogP contribution in [0.1, 0.15) is 52.6 Å². The molecule has 0 bridgehead atoms. The number of anilines is 1. The number of benzene rings is 2. The van der Waals surface area contributed by atoms with Crippen LogP contribution in [0, 0.1) is 13.8 Å². The van der Waals surface area contributed by atoms with E-state index in [1.54, 1.807) is 4.90 Å². The summed E-state index contributed by atoms with van der Waals surface area (Å²) in [6.07, 6.45) is 1.65. The summed E-state index contributed by atoms with van der Waals surface area (Å²) in [5, 5.41) is 4.04. The van der Waals surface area contributed by atoms with Gasteiger partial charge in [-0.15, -0.1) is 0 Å². The van der Waals surface area contributed by atoms with Crippen molar-refractivity contribution >= 4 is 22.6 Å². The van der Waals surface area contributed by atoms with Crippen LogP contribution in [0.5, 0.6) is 0 Å². The number of aryl methyl sites for hydroxylation is 4. The summed E-state index contributed by atoms with van der Waals surface area (Å²) < 4.78 is 5.32. The second kappa shape index (κ2) is 8.68. The fraction of sp³-hybridized carbons (Fsp3) is 0.280. The Morgan fingerprint density at radius 3 is 2.23 bits per heavy atom. The fourth-order valence-corrected chi connectivity index (χ4v) is 3.76. The molecule has 2 heterocycles. The second-order valence-corrected chi connectivity index (χ2v) is 7.56. The van der Waals surface area contributed by atoms with Crippen LogP contribution < -0.4 is 4.90 Å². The Bertz CT molecular complexity index is 1210.